The van der Waals surface area contributed by atoms with Gasteiger partial charge in [-0.1, -0.05) is 0 Å². The Balaban J connectivity index is 1.39. The Labute approximate surface area is 173 Å². The number of rotatable bonds is 3. The highest BCUT2D eigenvalue weighted by Crippen LogP contribution is 2.35. The summed E-state index contributed by atoms with van der Waals surface area (Å²) in [5.41, 5.74) is 2.61. The van der Waals surface area contributed by atoms with Crippen molar-refractivity contribution in [2.24, 2.45) is 5.92 Å². The van der Waals surface area contributed by atoms with Gasteiger partial charge in [-0.3, -0.25) is 4.79 Å². The molecule has 0 unspecified atom stereocenters. The average molecular weight is 407 g/mol. The summed E-state index contributed by atoms with van der Waals surface area (Å²) in [6.07, 6.45) is 3.93. The first-order valence-corrected chi connectivity index (χ1v) is 10.0. The molecule has 9 heteroatoms. The third-order valence-electron chi connectivity index (χ3n) is 5.89. The molecule has 2 saturated heterocycles. The van der Waals surface area contributed by atoms with Gasteiger partial charge in [-0.2, -0.15) is 15.0 Å². The number of fused-ring (bicyclic) bond motifs is 1. The van der Waals surface area contributed by atoms with Crippen LogP contribution in [0.3, 0.4) is 0 Å². The molecule has 0 aliphatic carbocycles. The van der Waals surface area contributed by atoms with Gasteiger partial charge in [0.15, 0.2) is 0 Å². The smallest absolute Gasteiger partial charge is 0.256 e. The van der Waals surface area contributed by atoms with Gasteiger partial charge < -0.3 is 9.80 Å². The van der Waals surface area contributed by atoms with Gasteiger partial charge in [0, 0.05) is 43.0 Å². The number of anilines is 1. The van der Waals surface area contributed by atoms with E-state index in [1.54, 1.807) is 0 Å². The molecule has 2 fully saturated rings. The highest BCUT2D eigenvalue weighted by Gasteiger charge is 2.45. The minimum atomic E-state index is -0.435. The third-order valence-corrected chi connectivity index (χ3v) is 5.89. The molecule has 2 aromatic heterocycles. The van der Waals surface area contributed by atoms with Crippen molar-refractivity contribution in [2.45, 2.75) is 26.3 Å². The van der Waals surface area contributed by atoms with Crippen molar-refractivity contribution in [1.29, 1.82) is 0 Å². The van der Waals surface area contributed by atoms with Gasteiger partial charge in [0.1, 0.15) is 11.5 Å². The molecule has 0 radical (unpaired) electrons. The van der Waals surface area contributed by atoms with Crippen molar-refractivity contribution >= 4 is 11.9 Å². The van der Waals surface area contributed by atoms with Crippen LogP contribution in [-0.2, 0) is 0 Å². The molecule has 0 bridgehead atoms. The fourth-order valence-corrected chi connectivity index (χ4v) is 4.41. The summed E-state index contributed by atoms with van der Waals surface area (Å²) < 4.78 is 13.9. The zero-order valence-corrected chi connectivity index (χ0v) is 16.9. The molecular formula is C21H22FN7O. The lowest BCUT2D eigenvalue weighted by molar-refractivity contribution is 0.0589. The maximum atomic E-state index is 13.9. The van der Waals surface area contributed by atoms with Gasteiger partial charge in [0.25, 0.3) is 5.91 Å². The van der Waals surface area contributed by atoms with Crippen molar-refractivity contribution in [3.63, 3.8) is 0 Å². The van der Waals surface area contributed by atoms with Crippen LogP contribution in [0.5, 0.6) is 0 Å². The Hall–Kier alpha value is -3.36. The zero-order valence-electron chi connectivity index (χ0n) is 16.9. The number of halogens is 1. The number of hydrogen-bond acceptors (Lipinski definition) is 6. The number of amides is 1. The van der Waals surface area contributed by atoms with Crippen molar-refractivity contribution in [3.05, 3.63) is 59.4 Å². The van der Waals surface area contributed by atoms with Crippen LogP contribution in [-0.4, -0.2) is 61.4 Å². The number of likely N-dealkylation sites (tertiary alicyclic amines) is 1. The molecule has 4 heterocycles. The van der Waals surface area contributed by atoms with E-state index in [2.05, 4.69) is 25.1 Å². The van der Waals surface area contributed by atoms with E-state index in [-0.39, 0.29) is 11.9 Å². The number of carbonyl (C=O) groups is 1. The molecule has 2 atom stereocenters. The van der Waals surface area contributed by atoms with Gasteiger partial charge in [-0.25, -0.2) is 14.4 Å². The molecule has 0 saturated carbocycles. The molecular weight excluding hydrogens is 385 g/mol. The Morgan fingerprint density at radius 1 is 1.07 bits per heavy atom. The van der Waals surface area contributed by atoms with Crippen LogP contribution in [0, 0.1) is 25.6 Å². The van der Waals surface area contributed by atoms with Crippen LogP contribution in [0.4, 0.5) is 10.3 Å². The summed E-state index contributed by atoms with van der Waals surface area (Å²) in [4.78, 5) is 27.8. The van der Waals surface area contributed by atoms with E-state index in [0.29, 0.717) is 30.3 Å². The number of piperidine rings is 1. The number of benzene rings is 1. The third kappa shape index (κ3) is 3.20. The highest BCUT2D eigenvalue weighted by molar-refractivity contribution is 5.97. The first-order chi connectivity index (χ1) is 14.5. The summed E-state index contributed by atoms with van der Waals surface area (Å²) in [6.45, 7) is 6.10. The lowest BCUT2D eigenvalue weighted by atomic mass is 9.82. The lowest BCUT2D eigenvalue weighted by Crippen LogP contribution is -2.65. The predicted molar refractivity (Wildman–Crippen MR) is 108 cm³/mol. The molecule has 1 amide bonds. The second-order valence-corrected chi connectivity index (χ2v) is 7.95. The van der Waals surface area contributed by atoms with E-state index in [4.69, 9.17) is 0 Å². The minimum Gasteiger partial charge on any atom is -0.336 e. The van der Waals surface area contributed by atoms with Gasteiger partial charge in [0.05, 0.1) is 24.0 Å². The normalized spacial score (nSPS) is 20.6. The number of aromatic nitrogens is 5. The molecule has 1 aromatic carbocycles. The quantitative estimate of drug-likeness (QED) is 0.662. The van der Waals surface area contributed by atoms with E-state index in [0.717, 1.165) is 30.3 Å². The summed E-state index contributed by atoms with van der Waals surface area (Å²) >= 11 is 0. The summed E-state index contributed by atoms with van der Waals surface area (Å²) in [5.74, 6) is 0.675. The Kier molecular flexibility index (Phi) is 4.45. The fourth-order valence-electron chi connectivity index (χ4n) is 4.41. The molecule has 0 N–H and O–H groups in total. The van der Waals surface area contributed by atoms with Crippen LogP contribution in [0.1, 0.15) is 28.2 Å². The molecule has 5 rings (SSSR count). The largest absolute Gasteiger partial charge is 0.336 e. The van der Waals surface area contributed by atoms with Gasteiger partial charge in [0.2, 0.25) is 5.95 Å². The first-order valence-electron chi connectivity index (χ1n) is 10.0. The second kappa shape index (κ2) is 7.16. The number of nitrogens with zero attached hydrogens (tertiary/aromatic N) is 7. The first kappa shape index (κ1) is 18.7. The van der Waals surface area contributed by atoms with Crippen LogP contribution < -0.4 is 4.90 Å². The van der Waals surface area contributed by atoms with Gasteiger partial charge >= 0.3 is 0 Å². The van der Waals surface area contributed by atoms with Crippen molar-refractivity contribution < 1.29 is 9.18 Å². The number of aryl methyl sites for hydroxylation is 2. The van der Waals surface area contributed by atoms with Crippen LogP contribution >= 0.6 is 0 Å². The summed E-state index contributed by atoms with van der Waals surface area (Å²) in [5, 5.41) is 8.13. The van der Waals surface area contributed by atoms with E-state index in [9.17, 15) is 9.18 Å². The van der Waals surface area contributed by atoms with Crippen LogP contribution in [0.15, 0.2) is 36.7 Å². The SMILES string of the molecule is Cc1cc(C)nc(N2C[C@@H]3CCN(C(=O)c4ccc(F)cc4-n4nccn4)C[C@@H]32)n1. The molecule has 8 nitrogen and oxygen atoms in total. The molecule has 2 aliphatic heterocycles. The summed E-state index contributed by atoms with van der Waals surface area (Å²) in [6, 6.07) is 6.24. The van der Waals surface area contributed by atoms with E-state index in [1.807, 2.05) is 24.8 Å². The maximum Gasteiger partial charge on any atom is 0.256 e. The van der Waals surface area contributed by atoms with Gasteiger partial charge in [-0.15, -0.1) is 0 Å². The van der Waals surface area contributed by atoms with E-state index in [1.165, 1.54) is 35.4 Å². The maximum absolute atomic E-state index is 13.9. The van der Waals surface area contributed by atoms with Crippen LogP contribution in [0.25, 0.3) is 5.69 Å². The molecule has 154 valence electrons. The standard InChI is InChI=1S/C21H22FN7O/c1-13-9-14(2)26-21(25-13)28-11-15-5-8-27(12-19(15)28)20(30)17-4-3-16(22)10-18(17)29-23-6-7-24-29/h3-4,6-7,9-10,15,19H,5,8,11-12H2,1-2H3/t15-,19-/m0/s1. The highest BCUT2D eigenvalue weighted by atomic mass is 19.1. The van der Waals surface area contributed by atoms with E-state index < -0.39 is 5.82 Å². The van der Waals surface area contributed by atoms with Gasteiger partial charge in [-0.05, 0) is 38.5 Å². The number of carbonyl (C=O) groups excluding carboxylic acids is 1. The van der Waals surface area contributed by atoms with E-state index >= 15 is 0 Å². The van der Waals surface area contributed by atoms with Crippen molar-refractivity contribution in [3.8, 4) is 5.69 Å². The molecule has 2 aliphatic rings. The van der Waals surface area contributed by atoms with Crippen molar-refractivity contribution in [1.82, 2.24) is 29.9 Å². The average Bonchev–Trinajstić information content (AvgIpc) is 3.22. The Morgan fingerprint density at radius 3 is 2.53 bits per heavy atom. The minimum absolute atomic E-state index is 0.144. The Morgan fingerprint density at radius 2 is 1.80 bits per heavy atom. The number of hydrogen-bond donors (Lipinski definition) is 0. The summed E-state index contributed by atoms with van der Waals surface area (Å²) in [7, 11) is 0. The molecule has 3 aromatic rings. The monoisotopic (exact) mass is 407 g/mol. The lowest BCUT2D eigenvalue weighted by Gasteiger charge is -2.53. The second-order valence-electron chi connectivity index (χ2n) is 7.95. The predicted octanol–water partition coefficient (Wildman–Crippen LogP) is 2.16. The molecule has 30 heavy (non-hydrogen) atoms. The van der Waals surface area contributed by atoms with Crippen molar-refractivity contribution in [2.75, 3.05) is 24.5 Å². The van der Waals surface area contributed by atoms with Crippen LogP contribution in [0.2, 0.25) is 0 Å². The Bertz CT molecular complexity index is 1080. The fraction of sp³-hybridized carbons (Fsp3) is 0.381. The zero-order chi connectivity index (χ0) is 20.8. The molecule has 0 spiro atoms. The topological polar surface area (TPSA) is 80.0 Å².